The summed E-state index contributed by atoms with van der Waals surface area (Å²) in [7, 11) is 7.43. The zero-order valence-electron chi connectivity index (χ0n) is 35.8. The Kier molecular flexibility index (Phi) is 10.5. The molecule has 10 N–H and O–H groups in total. The van der Waals surface area contributed by atoms with Crippen LogP contribution in [0.5, 0.6) is 0 Å². The number of rotatable bonds is 8. The van der Waals surface area contributed by atoms with Gasteiger partial charge in [0.25, 0.3) is 0 Å². The normalized spacial score (nSPS) is 29.2. The van der Waals surface area contributed by atoms with Crippen LogP contribution in [0.1, 0.15) is 108 Å². The van der Waals surface area contributed by atoms with Gasteiger partial charge in [-0.15, -0.1) is 0 Å². The predicted molar refractivity (Wildman–Crippen MR) is 234 cm³/mol. The van der Waals surface area contributed by atoms with Crippen LogP contribution in [0.2, 0.25) is 0 Å². The smallest absolute Gasteiger partial charge is 0.305 e. The van der Waals surface area contributed by atoms with Gasteiger partial charge in [-0.05, 0) is 126 Å². The molecule has 2 unspecified atom stereocenters. The number of hydrogen-bond donors (Lipinski definition) is 8. The molecule has 0 saturated heterocycles. The molecule has 0 spiro atoms. The van der Waals surface area contributed by atoms with E-state index in [0.717, 1.165) is 66.4 Å². The summed E-state index contributed by atoms with van der Waals surface area (Å²) in [5, 5.41) is 43.6. The third-order valence-corrected chi connectivity index (χ3v) is 15.1. The molecule has 16 nitrogen and oxygen atoms in total. The molecule has 0 amide bonds. The number of aliphatic hydroxyl groups is 2. The number of azo groups is 2. The maximum absolute atomic E-state index is 12.5. The summed E-state index contributed by atoms with van der Waals surface area (Å²) in [5.41, 5.74) is 14.9. The van der Waals surface area contributed by atoms with Gasteiger partial charge in [0.2, 0.25) is 10.9 Å². The van der Waals surface area contributed by atoms with Crippen LogP contribution in [0.4, 0.5) is 0 Å². The zero-order valence-corrected chi connectivity index (χ0v) is 38.1. The third kappa shape index (κ3) is 6.41. The fraction of sp³-hybridized carbons (Fsp3) is 0.476. The van der Waals surface area contributed by atoms with Crippen molar-refractivity contribution in [3.05, 3.63) is 88.7 Å². The monoisotopic (exact) mass is 858 g/mol. The van der Waals surface area contributed by atoms with E-state index in [-0.39, 0.29) is 24.8 Å². The van der Waals surface area contributed by atoms with E-state index >= 15 is 0 Å². The molecule has 3 aliphatic heterocycles. The van der Waals surface area contributed by atoms with Crippen molar-refractivity contribution in [2.45, 2.75) is 114 Å². The number of carbonyl (C=O) groups excluding carboxylic acids is 2. The maximum atomic E-state index is 12.5. The van der Waals surface area contributed by atoms with Crippen LogP contribution in [0.3, 0.4) is 0 Å². The van der Waals surface area contributed by atoms with Crippen molar-refractivity contribution in [2.24, 2.45) is 31.9 Å². The number of esters is 2. The Bertz CT molecular complexity index is 2790. The SMILES string of the molecule is COC(=O)CCc1c2[nH]c(c1C)C=c1[nH]c(c([C@@]3(C)N=N[C@](O)(P)[C@@]3(C)N)c1C)=Cc1[nH]c(c([C@@]3(C)N=N[C@](O)(P)[C@@]3(C)N)c1C)C=c1[nH]c(c(CCC(=O)OC)c1C)=C2. The Morgan fingerprint density at radius 1 is 0.583 bits per heavy atom. The highest BCUT2D eigenvalue weighted by molar-refractivity contribution is 7.19. The molecule has 320 valence electrons. The lowest BCUT2D eigenvalue weighted by Crippen LogP contribution is -2.62. The van der Waals surface area contributed by atoms with Crippen molar-refractivity contribution in [1.29, 1.82) is 0 Å². The first-order valence-corrected chi connectivity index (χ1v) is 20.9. The minimum atomic E-state index is -1.76. The second-order valence-corrected chi connectivity index (χ2v) is 18.8. The number of nitrogens with two attached hydrogens (primary N) is 2. The van der Waals surface area contributed by atoms with E-state index < -0.39 is 33.1 Å². The van der Waals surface area contributed by atoms with Crippen molar-refractivity contribution < 1.29 is 29.3 Å². The van der Waals surface area contributed by atoms with Gasteiger partial charge in [0.1, 0.15) is 11.1 Å². The average molecular weight is 859 g/mol. The Balaban J connectivity index is 1.64. The van der Waals surface area contributed by atoms with E-state index in [1.807, 2.05) is 65.8 Å². The topological polar surface area (TPSA) is 258 Å². The Morgan fingerprint density at radius 2 is 1.02 bits per heavy atom. The molecule has 8 atom stereocenters. The molecule has 0 aliphatic carbocycles. The first-order chi connectivity index (χ1) is 27.9. The van der Waals surface area contributed by atoms with Gasteiger partial charge in [-0.25, -0.2) is 0 Å². The number of carbonyl (C=O) groups is 2. The largest absolute Gasteiger partial charge is 0.469 e. The number of aromatic nitrogens is 4. The van der Waals surface area contributed by atoms with Crippen molar-refractivity contribution in [1.82, 2.24) is 19.9 Å². The standard InChI is InChI=1S/C42H56N10O6P2/c1-19-23(11-13-33(53)57-9)29-18-30-24(12-14-34(54)58-10)20(2)26(46-30)16-31-36(38(6)40(8,44)42(56,60)52-50-38)22(4)28(48-31)17-32-35(21(3)27(47-32)15-25(19)45-29)37(5)39(7,43)41(55,59)51-49-37/h15-18,45-48,55-56H,11-14,43-44,59-60H2,1-10H3/t37-,38-,39+,40+,41-,42-/m1/s1. The molecule has 3 aliphatic rings. The molecule has 60 heavy (non-hydrogen) atoms. The molecule has 8 bridgehead atoms. The zero-order chi connectivity index (χ0) is 44.1. The Labute approximate surface area is 352 Å². The van der Waals surface area contributed by atoms with Crippen molar-refractivity contribution in [3.8, 4) is 0 Å². The van der Waals surface area contributed by atoms with Crippen LogP contribution >= 0.6 is 18.5 Å². The molecular weight excluding hydrogens is 802 g/mol. The highest BCUT2D eigenvalue weighted by atomic mass is 31.0. The summed E-state index contributed by atoms with van der Waals surface area (Å²) in [6.07, 6.45) is 9.09. The lowest BCUT2D eigenvalue weighted by molar-refractivity contribution is -0.141. The van der Waals surface area contributed by atoms with Gasteiger partial charge in [-0.1, -0.05) is 18.5 Å². The van der Waals surface area contributed by atoms with Gasteiger partial charge < -0.3 is 51.1 Å². The second-order valence-electron chi connectivity index (χ2n) is 17.1. The summed E-state index contributed by atoms with van der Waals surface area (Å²) in [6, 6.07) is 0. The van der Waals surface area contributed by atoms with Crippen LogP contribution in [-0.2, 0) is 43.0 Å². The number of aromatic amines is 4. The number of H-pyrrole nitrogens is 4. The minimum absolute atomic E-state index is 0.154. The summed E-state index contributed by atoms with van der Waals surface area (Å²) in [6.45, 7) is 15.1. The van der Waals surface area contributed by atoms with Crippen LogP contribution in [0.25, 0.3) is 24.3 Å². The van der Waals surface area contributed by atoms with Gasteiger partial charge in [-0.3, -0.25) is 9.59 Å². The highest BCUT2D eigenvalue weighted by Crippen LogP contribution is 2.53. The van der Waals surface area contributed by atoms with Crippen LogP contribution in [-0.4, -0.2) is 78.3 Å². The van der Waals surface area contributed by atoms with Crippen LogP contribution in [0.15, 0.2) is 20.5 Å². The number of hydrogen-bond acceptors (Lipinski definition) is 12. The van der Waals surface area contributed by atoms with Gasteiger partial charge in [0, 0.05) is 68.1 Å². The van der Waals surface area contributed by atoms with Crippen molar-refractivity contribution in [3.63, 3.8) is 0 Å². The predicted octanol–water partition coefficient (Wildman–Crippen LogP) is 1.91. The number of methoxy groups -OCH3 is 2. The first-order valence-electron chi connectivity index (χ1n) is 19.8. The number of fused-ring (bicyclic) bond motifs is 8. The molecule has 18 heteroatoms. The van der Waals surface area contributed by atoms with E-state index in [1.165, 1.54) is 14.2 Å². The highest BCUT2D eigenvalue weighted by Gasteiger charge is 2.62. The van der Waals surface area contributed by atoms with Crippen molar-refractivity contribution >= 4 is 54.7 Å². The molecular formula is C42H56N10O6P2. The second kappa shape index (κ2) is 14.5. The lowest BCUT2D eigenvalue weighted by atomic mass is 9.73. The number of nitrogens with zero attached hydrogens (tertiary/aromatic N) is 4. The molecule has 7 heterocycles. The first kappa shape index (κ1) is 43.5. The summed E-state index contributed by atoms with van der Waals surface area (Å²) in [5.74, 6) is -0.670. The fourth-order valence-electron chi connectivity index (χ4n) is 8.91. The molecule has 4 aromatic heterocycles. The minimum Gasteiger partial charge on any atom is -0.469 e. The molecule has 0 aromatic carbocycles. The molecule has 4 aromatic rings. The van der Waals surface area contributed by atoms with E-state index in [1.54, 1.807) is 13.8 Å². The quantitative estimate of drug-likeness (QED) is 0.0843. The Morgan fingerprint density at radius 3 is 1.55 bits per heavy atom. The van der Waals surface area contributed by atoms with Gasteiger partial charge in [-0.2, -0.15) is 20.5 Å². The summed E-state index contributed by atoms with van der Waals surface area (Å²) < 4.78 is 10.1. The van der Waals surface area contributed by atoms with Crippen LogP contribution < -0.4 is 32.9 Å². The van der Waals surface area contributed by atoms with Gasteiger partial charge in [0.15, 0.2) is 0 Å². The average Bonchev–Trinajstić information content (AvgIpc) is 3.92. The lowest BCUT2D eigenvalue weighted by Gasteiger charge is -2.40. The van der Waals surface area contributed by atoms with Crippen molar-refractivity contribution in [2.75, 3.05) is 14.2 Å². The van der Waals surface area contributed by atoms with E-state index in [2.05, 4.69) is 58.9 Å². The molecule has 0 saturated carbocycles. The van der Waals surface area contributed by atoms with Gasteiger partial charge in [0.05, 0.1) is 25.3 Å². The molecule has 7 rings (SSSR count). The number of ether oxygens (including phenoxy) is 2. The Hall–Kier alpha value is -4.56. The maximum Gasteiger partial charge on any atom is 0.305 e. The summed E-state index contributed by atoms with van der Waals surface area (Å²) in [4.78, 5) is 39.6. The number of nitrogens with one attached hydrogen (secondary N) is 4. The third-order valence-electron chi connectivity index (χ3n) is 13.6. The van der Waals surface area contributed by atoms with E-state index in [0.29, 0.717) is 35.1 Å². The van der Waals surface area contributed by atoms with Gasteiger partial charge >= 0.3 is 11.9 Å². The molecule has 0 fully saturated rings. The van der Waals surface area contributed by atoms with Crippen LogP contribution in [0, 0.1) is 27.7 Å². The van der Waals surface area contributed by atoms with E-state index in [4.69, 9.17) is 20.9 Å². The molecule has 0 radical (unpaired) electrons. The van der Waals surface area contributed by atoms with E-state index in [9.17, 15) is 19.8 Å². The summed E-state index contributed by atoms with van der Waals surface area (Å²) >= 11 is 0. The fourth-order valence-corrected chi connectivity index (χ4v) is 9.59.